The highest BCUT2D eigenvalue weighted by atomic mass is 16.6. The standard InChI is InChI=1S/C12H15N5O2/c1-8-6-9(4-5-14-8)15-12-3-2-11(17(18)19)10(7-13)16-12/h2-3,8-9,14H,4-6H2,1H3,(H,15,16). The Balaban J connectivity index is 2.13. The van der Waals surface area contributed by atoms with Gasteiger partial charge in [-0.25, -0.2) is 4.98 Å². The summed E-state index contributed by atoms with van der Waals surface area (Å²) < 4.78 is 0. The lowest BCUT2D eigenvalue weighted by atomic mass is 10.0. The molecule has 1 aromatic heterocycles. The molecule has 1 aliphatic rings. The van der Waals surface area contributed by atoms with Gasteiger partial charge in [0.25, 0.3) is 0 Å². The van der Waals surface area contributed by atoms with Crippen LogP contribution in [0, 0.1) is 21.4 Å². The molecule has 1 aliphatic heterocycles. The van der Waals surface area contributed by atoms with Crippen LogP contribution in [0.5, 0.6) is 0 Å². The maximum Gasteiger partial charge on any atom is 0.305 e. The Labute approximate surface area is 110 Å². The van der Waals surface area contributed by atoms with Gasteiger partial charge in [-0.15, -0.1) is 0 Å². The number of rotatable bonds is 3. The highest BCUT2D eigenvalue weighted by Crippen LogP contribution is 2.20. The number of nitrogens with zero attached hydrogens (tertiary/aromatic N) is 3. The van der Waals surface area contributed by atoms with Crippen molar-refractivity contribution in [3.63, 3.8) is 0 Å². The van der Waals surface area contributed by atoms with Gasteiger partial charge < -0.3 is 10.6 Å². The van der Waals surface area contributed by atoms with Crippen LogP contribution in [0.25, 0.3) is 0 Å². The molecule has 1 aromatic rings. The molecule has 0 aromatic carbocycles. The van der Waals surface area contributed by atoms with E-state index in [0.717, 1.165) is 19.4 Å². The highest BCUT2D eigenvalue weighted by Gasteiger charge is 2.20. The molecule has 7 nitrogen and oxygen atoms in total. The zero-order valence-corrected chi connectivity index (χ0v) is 10.6. The van der Waals surface area contributed by atoms with Crippen molar-refractivity contribution >= 4 is 11.5 Å². The fraction of sp³-hybridized carbons (Fsp3) is 0.500. The summed E-state index contributed by atoms with van der Waals surface area (Å²) in [7, 11) is 0. The van der Waals surface area contributed by atoms with Gasteiger partial charge in [0.1, 0.15) is 11.9 Å². The Kier molecular flexibility index (Phi) is 3.92. The number of nitrogens with one attached hydrogen (secondary N) is 2. The highest BCUT2D eigenvalue weighted by molar-refractivity contribution is 5.50. The zero-order chi connectivity index (χ0) is 13.8. The summed E-state index contributed by atoms with van der Waals surface area (Å²) >= 11 is 0. The second-order valence-electron chi connectivity index (χ2n) is 4.65. The van der Waals surface area contributed by atoms with Crippen molar-refractivity contribution in [2.24, 2.45) is 0 Å². The fourth-order valence-corrected chi connectivity index (χ4v) is 2.23. The third-order valence-electron chi connectivity index (χ3n) is 3.15. The first-order valence-electron chi connectivity index (χ1n) is 6.15. The van der Waals surface area contributed by atoms with Gasteiger partial charge in [-0.2, -0.15) is 5.26 Å². The average Bonchev–Trinajstić information content (AvgIpc) is 2.38. The number of nitro groups is 1. The van der Waals surface area contributed by atoms with Crippen molar-refractivity contribution in [1.82, 2.24) is 10.3 Å². The lowest BCUT2D eigenvalue weighted by Crippen LogP contribution is -2.41. The van der Waals surface area contributed by atoms with E-state index >= 15 is 0 Å². The number of pyridine rings is 1. The van der Waals surface area contributed by atoms with Crippen LogP contribution in [0.4, 0.5) is 11.5 Å². The molecular formula is C12H15N5O2. The monoisotopic (exact) mass is 261 g/mol. The molecule has 1 saturated heterocycles. The van der Waals surface area contributed by atoms with Gasteiger partial charge in [0.05, 0.1) is 4.92 Å². The van der Waals surface area contributed by atoms with E-state index in [0.29, 0.717) is 11.9 Å². The molecule has 0 aliphatic carbocycles. The van der Waals surface area contributed by atoms with Crippen molar-refractivity contribution in [3.05, 3.63) is 27.9 Å². The lowest BCUT2D eigenvalue weighted by molar-refractivity contribution is -0.385. The van der Waals surface area contributed by atoms with Crippen LogP contribution in [0.1, 0.15) is 25.5 Å². The summed E-state index contributed by atoms with van der Waals surface area (Å²) in [5.41, 5.74) is -0.413. The maximum atomic E-state index is 10.7. The number of hydrogen-bond donors (Lipinski definition) is 2. The summed E-state index contributed by atoms with van der Waals surface area (Å²) in [4.78, 5) is 14.1. The Hall–Kier alpha value is -2.20. The van der Waals surface area contributed by atoms with E-state index in [9.17, 15) is 10.1 Å². The number of anilines is 1. The normalized spacial score (nSPS) is 22.5. The summed E-state index contributed by atoms with van der Waals surface area (Å²) in [6, 6.07) is 5.33. The van der Waals surface area contributed by atoms with Crippen LogP contribution in [0.3, 0.4) is 0 Å². The SMILES string of the molecule is CC1CC(Nc2ccc([N+](=O)[O-])c(C#N)n2)CCN1. The third kappa shape index (κ3) is 3.17. The predicted octanol–water partition coefficient (Wildman–Crippen LogP) is 1.41. The summed E-state index contributed by atoms with van der Waals surface area (Å²) in [6.45, 7) is 3.04. The quantitative estimate of drug-likeness (QED) is 0.629. The molecule has 0 saturated carbocycles. The maximum absolute atomic E-state index is 10.7. The van der Waals surface area contributed by atoms with Crippen molar-refractivity contribution in [3.8, 4) is 6.07 Å². The summed E-state index contributed by atoms with van der Waals surface area (Å²) in [5, 5.41) is 26.2. The largest absolute Gasteiger partial charge is 0.367 e. The molecule has 0 amide bonds. The number of hydrogen-bond acceptors (Lipinski definition) is 6. The van der Waals surface area contributed by atoms with Crippen molar-refractivity contribution in [1.29, 1.82) is 5.26 Å². The Morgan fingerprint density at radius 3 is 3.05 bits per heavy atom. The molecule has 0 bridgehead atoms. The van der Waals surface area contributed by atoms with E-state index in [4.69, 9.17) is 5.26 Å². The fourth-order valence-electron chi connectivity index (χ4n) is 2.23. The minimum Gasteiger partial charge on any atom is -0.367 e. The molecule has 0 spiro atoms. The lowest BCUT2D eigenvalue weighted by Gasteiger charge is -2.29. The second-order valence-corrected chi connectivity index (χ2v) is 4.65. The molecule has 1 fully saturated rings. The first-order chi connectivity index (χ1) is 9.10. The topological polar surface area (TPSA) is 104 Å². The Morgan fingerprint density at radius 1 is 1.63 bits per heavy atom. The number of nitriles is 1. The van der Waals surface area contributed by atoms with Gasteiger partial charge in [-0.1, -0.05) is 0 Å². The molecule has 2 N–H and O–H groups in total. The number of piperidine rings is 1. The molecule has 7 heteroatoms. The van der Waals surface area contributed by atoms with Crippen molar-refractivity contribution < 1.29 is 4.92 Å². The number of aromatic nitrogens is 1. The first kappa shape index (κ1) is 13.2. The molecule has 2 atom stereocenters. The van der Waals surface area contributed by atoms with E-state index in [1.165, 1.54) is 6.07 Å². The zero-order valence-electron chi connectivity index (χ0n) is 10.6. The second kappa shape index (κ2) is 5.63. The van der Waals surface area contributed by atoms with E-state index < -0.39 is 4.92 Å². The van der Waals surface area contributed by atoms with Crippen LogP contribution < -0.4 is 10.6 Å². The van der Waals surface area contributed by atoms with Crippen molar-refractivity contribution in [2.75, 3.05) is 11.9 Å². The minimum atomic E-state index is -0.595. The van der Waals surface area contributed by atoms with Crippen LogP contribution in [-0.4, -0.2) is 28.5 Å². The smallest absolute Gasteiger partial charge is 0.305 e. The molecule has 2 unspecified atom stereocenters. The first-order valence-corrected chi connectivity index (χ1v) is 6.15. The van der Waals surface area contributed by atoms with E-state index in [1.54, 1.807) is 12.1 Å². The van der Waals surface area contributed by atoms with Gasteiger partial charge in [0, 0.05) is 18.2 Å². The van der Waals surface area contributed by atoms with Crippen molar-refractivity contribution in [2.45, 2.75) is 31.8 Å². The third-order valence-corrected chi connectivity index (χ3v) is 3.15. The van der Waals surface area contributed by atoms with E-state index in [-0.39, 0.29) is 17.4 Å². The molecule has 100 valence electrons. The Morgan fingerprint density at radius 2 is 2.42 bits per heavy atom. The summed E-state index contributed by atoms with van der Waals surface area (Å²) in [5.74, 6) is 0.515. The van der Waals surface area contributed by atoms with Gasteiger partial charge >= 0.3 is 5.69 Å². The molecule has 2 rings (SSSR count). The van der Waals surface area contributed by atoms with E-state index in [2.05, 4.69) is 22.5 Å². The molecule has 19 heavy (non-hydrogen) atoms. The van der Waals surface area contributed by atoms with Crippen LogP contribution in [0.2, 0.25) is 0 Å². The van der Waals surface area contributed by atoms with Crippen LogP contribution >= 0.6 is 0 Å². The van der Waals surface area contributed by atoms with Gasteiger partial charge in [0.15, 0.2) is 0 Å². The van der Waals surface area contributed by atoms with Gasteiger partial charge in [0.2, 0.25) is 5.69 Å². The van der Waals surface area contributed by atoms with Crippen LogP contribution in [0.15, 0.2) is 12.1 Å². The average molecular weight is 261 g/mol. The molecule has 0 radical (unpaired) electrons. The van der Waals surface area contributed by atoms with Gasteiger partial charge in [-0.3, -0.25) is 10.1 Å². The predicted molar refractivity (Wildman–Crippen MR) is 69.7 cm³/mol. The molecular weight excluding hydrogens is 246 g/mol. The summed E-state index contributed by atoms with van der Waals surface area (Å²) in [6.07, 6.45) is 1.92. The van der Waals surface area contributed by atoms with E-state index in [1.807, 2.05) is 0 Å². The van der Waals surface area contributed by atoms with Gasteiger partial charge in [-0.05, 0) is 32.4 Å². The van der Waals surface area contributed by atoms with Crippen LogP contribution in [-0.2, 0) is 0 Å². The Bertz CT molecular complexity index is 525. The minimum absolute atomic E-state index is 0.156. The molecule has 2 heterocycles.